The number of para-hydroxylation sites is 1. The second-order valence-electron chi connectivity index (χ2n) is 3.30. The van der Waals surface area contributed by atoms with Crippen LogP contribution < -0.4 is 10.5 Å². The van der Waals surface area contributed by atoms with Crippen molar-refractivity contribution in [2.45, 2.75) is 12.5 Å². The minimum absolute atomic E-state index is 0.115. The van der Waals surface area contributed by atoms with E-state index in [1.165, 1.54) is 7.11 Å². The van der Waals surface area contributed by atoms with E-state index in [-0.39, 0.29) is 6.54 Å². The molecule has 1 aromatic carbocycles. The molecule has 0 saturated heterocycles. The first kappa shape index (κ1) is 11.3. The van der Waals surface area contributed by atoms with Crippen molar-refractivity contribution >= 4 is 11.6 Å². The van der Waals surface area contributed by atoms with Crippen LogP contribution >= 0.6 is 11.6 Å². The Bertz CT molecular complexity index is 326. The zero-order valence-electron chi connectivity index (χ0n) is 8.25. The molecule has 14 heavy (non-hydrogen) atoms. The number of hydrogen-bond donors (Lipinski definition) is 2. The molecule has 1 atom stereocenters. The highest BCUT2D eigenvalue weighted by Crippen LogP contribution is 2.34. The Morgan fingerprint density at radius 1 is 1.57 bits per heavy atom. The minimum atomic E-state index is -1.11. The Kier molecular flexibility index (Phi) is 3.37. The summed E-state index contributed by atoms with van der Waals surface area (Å²) in [6.45, 7) is 1.74. The summed E-state index contributed by atoms with van der Waals surface area (Å²) >= 11 is 5.92. The Labute approximate surface area is 88.4 Å². The van der Waals surface area contributed by atoms with Crippen molar-refractivity contribution in [2.24, 2.45) is 5.73 Å². The first-order chi connectivity index (χ1) is 6.53. The minimum Gasteiger partial charge on any atom is -0.495 e. The molecule has 0 aromatic heterocycles. The largest absolute Gasteiger partial charge is 0.495 e. The maximum atomic E-state index is 9.97. The van der Waals surface area contributed by atoms with Crippen molar-refractivity contribution in [3.8, 4) is 5.75 Å². The number of methoxy groups -OCH3 is 1. The van der Waals surface area contributed by atoms with E-state index in [1.54, 1.807) is 25.1 Å². The smallest absolute Gasteiger partial charge is 0.143 e. The molecule has 0 heterocycles. The molecular formula is C10H14ClNO2. The molecule has 3 N–H and O–H groups in total. The van der Waals surface area contributed by atoms with Gasteiger partial charge >= 0.3 is 0 Å². The highest BCUT2D eigenvalue weighted by molar-refractivity contribution is 6.32. The van der Waals surface area contributed by atoms with Gasteiger partial charge in [-0.2, -0.15) is 0 Å². The maximum absolute atomic E-state index is 9.97. The van der Waals surface area contributed by atoms with Gasteiger partial charge in [-0.25, -0.2) is 0 Å². The molecule has 4 heteroatoms. The molecule has 0 aliphatic rings. The quantitative estimate of drug-likeness (QED) is 0.804. The van der Waals surface area contributed by atoms with Crippen LogP contribution in [0.4, 0.5) is 0 Å². The van der Waals surface area contributed by atoms with Crippen molar-refractivity contribution < 1.29 is 9.84 Å². The second-order valence-corrected chi connectivity index (χ2v) is 3.71. The fourth-order valence-electron chi connectivity index (χ4n) is 1.25. The first-order valence-corrected chi connectivity index (χ1v) is 4.66. The Hall–Kier alpha value is -0.770. The summed E-state index contributed by atoms with van der Waals surface area (Å²) in [6, 6.07) is 5.21. The van der Waals surface area contributed by atoms with E-state index in [9.17, 15) is 5.11 Å². The summed E-state index contributed by atoms with van der Waals surface area (Å²) in [5.74, 6) is 0.476. The second kappa shape index (κ2) is 4.17. The summed E-state index contributed by atoms with van der Waals surface area (Å²) in [7, 11) is 1.51. The van der Waals surface area contributed by atoms with Gasteiger partial charge < -0.3 is 15.6 Å². The Balaban J connectivity index is 3.27. The van der Waals surface area contributed by atoms with Gasteiger partial charge in [0.15, 0.2) is 0 Å². The van der Waals surface area contributed by atoms with Crippen molar-refractivity contribution in [2.75, 3.05) is 13.7 Å². The summed E-state index contributed by atoms with van der Waals surface area (Å²) in [5, 5.41) is 10.4. The number of halogens is 1. The van der Waals surface area contributed by atoms with E-state index >= 15 is 0 Å². The van der Waals surface area contributed by atoms with Crippen molar-refractivity contribution in [1.29, 1.82) is 0 Å². The van der Waals surface area contributed by atoms with Crippen LogP contribution in [0.25, 0.3) is 0 Å². The maximum Gasteiger partial charge on any atom is 0.143 e. The number of rotatable bonds is 3. The summed E-state index contributed by atoms with van der Waals surface area (Å²) in [5.41, 5.74) is 4.95. The standard InChI is InChI=1S/C10H14ClNO2/c1-10(13,6-12)7-4-3-5-8(11)9(7)14-2/h3-5,13H,6,12H2,1-2H3. The normalized spacial score (nSPS) is 14.9. The van der Waals surface area contributed by atoms with Crippen LogP contribution in [-0.4, -0.2) is 18.8 Å². The molecule has 1 rings (SSSR count). The molecule has 1 aromatic rings. The predicted octanol–water partition coefficient (Wildman–Crippen LogP) is 1.51. The molecule has 0 aliphatic heterocycles. The summed E-state index contributed by atoms with van der Waals surface area (Å²) in [6.07, 6.45) is 0. The lowest BCUT2D eigenvalue weighted by atomic mass is 9.95. The third-order valence-corrected chi connectivity index (χ3v) is 2.45. The van der Waals surface area contributed by atoms with Crippen LogP contribution in [0.3, 0.4) is 0 Å². The molecule has 0 amide bonds. The van der Waals surface area contributed by atoms with Crippen LogP contribution in [0, 0.1) is 0 Å². The molecule has 0 saturated carbocycles. The molecule has 1 unspecified atom stereocenters. The van der Waals surface area contributed by atoms with Crippen LogP contribution in [0.5, 0.6) is 5.75 Å². The van der Waals surface area contributed by atoms with E-state index in [0.717, 1.165) is 0 Å². The van der Waals surface area contributed by atoms with Gasteiger partial charge in [0, 0.05) is 12.1 Å². The monoisotopic (exact) mass is 215 g/mol. The van der Waals surface area contributed by atoms with Gasteiger partial charge in [0.1, 0.15) is 11.4 Å². The van der Waals surface area contributed by atoms with E-state index in [4.69, 9.17) is 22.1 Å². The fourth-order valence-corrected chi connectivity index (χ4v) is 1.50. The highest BCUT2D eigenvalue weighted by Gasteiger charge is 2.25. The van der Waals surface area contributed by atoms with Crippen molar-refractivity contribution in [1.82, 2.24) is 0 Å². The van der Waals surface area contributed by atoms with E-state index < -0.39 is 5.60 Å². The van der Waals surface area contributed by atoms with Crippen molar-refractivity contribution in [3.63, 3.8) is 0 Å². The highest BCUT2D eigenvalue weighted by atomic mass is 35.5. The van der Waals surface area contributed by atoms with Crippen LogP contribution in [-0.2, 0) is 5.60 Å². The zero-order valence-corrected chi connectivity index (χ0v) is 9.01. The molecule has 0 bridgehead atoms. The van der Waals surface area contributed by atoms with Crippen LogP contribution in [0.2, 0.25) is 5.02 Å². The van der Waals surface area contributed by atoms with Crippen LogP contribution in [0.15, 0.2) is 18.2 Å². The number of ether oxygens (including phenoxy) is 1. The van der Waals surface area contributed by atoms with Crippen LogP contribution in [0.1, 0.15) is 12.5 Å². The third-order valence-electron chi connectivity index (χ3n) is 2.15. The van der Waals surface area contributed by atoms with E-state index in [2.05, 4.69) is 0 Å². The Morgan fingerprint density at radius 2 is 2.21 bits per heavy atom. The molecule has 3 nitrogen and oxygen atoms in total. The lowest BCUT2D eigenvalue weighted by Crippen LogP contribution is -2.31. The number of nitrogens with two attached hydrogens (primary N) is 1. The average Bonchev–Trinajstić information content (AvgIpc) is 2.17. The molecule has 0 radical (unpaired) electrons. The van der Waals surface area contributed by atoms with Gasteiger partial charge in [0.05, 0.1) is 12.1 Å². The fraction of sp³-hybridized carbons (Fsp3) is 0.400. The Morgan fingerprint density at radius 3 is 2.71 bits per heavy atom. The van der Waals surface area contributed by atoms with Gasteiger partial charge in [-0.1, -0.05) is 23.7 Å². The SMILES string of the molecule is COc1c(Cl)cccc1C(C)(O)CN. The lowest BCUT2D eigenvalue weighted by molar-refractivity contribution is 0.0641. The topological polar surface area (TPSA) is 55.5 Å². The lowest BCUT2D eigenvalue weighted by Gasteiger charge is -2.24. The third kappa shape index (κ3) is 2.00. The molecule has 78 valence electrons. The summed E-state index contributed by atoms with van der Waals surface area (Å²) < 4.78 is 5.12. The molecular weight excluding hydrogens is 202 g/mol. The summed E-state index contributed by atoms with van der Waals surface area (Å²) in [4.78, 5) is 0. The predicted molar refractivity (Wildman–Crippen MR) is 56.6 cm³/mol. The van der Waals surface area contributed by atoms with E-state index in [0.29, 0.717) is 16.3 Å². The number of aliphatic hydroxyl groups is 1. The van der Waals surface area contributed by atoms with E-state index in [1.807, 2.05) is 0 Å². The molecule has 0 aliphatic carbocycles. The van der Waals surface area contributed by atoms with Gasteiger partial charge in [-0.05, 0) is 13.0 Å². The number of benzene rings is 1. The van der Waals surface area contributed by atoms with Gasteiger partial charge in [-0.15, -0.1) is 0 Å². The average molecular weight is 216 g/mol. The molecule has 0 fully saturated rings. The number of hydrogen-bond acceptors (Lipinski definition) is 3. The first-order valence-electron chi connectivity index (χ1n) is 4.28. The van der Waals surface area contributed by atoms with Crippen molar-refractivity contribution in [3.05, 3.63) is 28.8 Å². The van der Waals surface area contributed by atoms with Gasteiger partial charge in [0.2, 0.25) is 0 Å². The zero-order chi connectivity index (χ0) is 10.8. The molecule has 0 spiro atoms. The van der Waals surface area contributed by atoms with Gasteiger partial charge in [-0.3, -0.25) is 0 Å². The van der Waals surface area contributed by atoms with Gasteiger partial charge in [0.25, 0.3) is 0 Å².